The molecule has 0 spiro atoms. The molecule has 26 heavy (non-hydrogen) atoms. The molecule has 2 N–H and O–H groups in total. The SMILES string of the molecule is COC(=O)CNC(=O)C(CC(=O)O)N(CCC(C)(C)C)CCC(C)(C)C. The quantitative estimate of drug-likeness (QED) is 0.571. The zero-order chi connectivity index (χ0) is 20.5. The molecule has 0 radical (unpaired) electrons. The monoisotopic (exact) mass is 372 g/mol. The van der Waals surface area contributed by atoms with Crippen molar-refractivity contribution < 1.29 is 24.2 Å². The summed E-state index contributed by atoms with van der Waals surface area (Å²) in [5, 5.41) is 11.8. The summed E-state index contributed by atoms with van der Waals surface area (Å²) in [5.41, 5.74) is 0.131. The number of rotatable bonds is 10. The minimum atomic E-state index is -1.04. The van der Waals surface area contributed by atoms with Gasteiger partial charge in [0.1, 0.15) is 6.54 Å². The molecule has 7 heteroatoms. The molecule has 0 bridgehead atoms. The van der Waals surface area contributed by atoms with Crippen LogP contribution in [0.1, 0.15) is 60.8 Å². The van der Waals surface area contributed by atoms with Gasteiger partial charge in [-0.25, -0.2) is 0 Å². The van der Waals surface area contributed by atoms with E-state index in [4.69, 9.17) is 0 Å². The Bertz CT molecular complexity index is 459. The first-order valence-electron chi connectivity index (χ1n) is 9.05. The van der Waals surface area contributed by atoms with Crippen LogP contribution in [-0.4, -0.2) is 60.6 Å². The van der Waals surface area contributed by atoms with Crippen molar-refractivity contribution in [1.29, 1.82) is 0 Å². The molecule has 152 valence electrons. The second kappa shape index (κ2) is 10.5. The number of aliphatic carboxylic acids is 1. The standard InChI is InChI=1S/C19H36N2O5/c1-18(2,3)8-10-21(11-9-19(4,5)6)14(12-15(22)23)17(25)20-13-16(24)26-7/h14H,8-13H2,1-7H3,(H,20,25)(H,22,23). The van der Waals surface area contributed by atoms with Crippen molar-refractivity contribution >= 4 is 17.8 Å². The van der Waals surface area contributed by atoms with Crippen molar-refractivity contribution in [1.82, 2.24) is 10.2 Å². The van der Waals surface area contributed by atoms with Gasteiger partial charge in [0.2, 0.25) is 5.91 Å². The van der Waals surface area contributed by atoms with Gasteiger partial charge in [-0.1, -0.05) is 41.5 Å². The van der Waals surface area contributed by atoms with E-state index in [2.05, 4.69) is 51.6 Å². The number of carbonyl (C=O) groups is 3. The first-order chi connectivity index (χ1) is 11.7. The predicted molar refractivity (Wildman–Crippen MR) is 101 cm³/mol. The van der Waals surface area contributed by atoms with Gasteiger partial charge in [0.25, 0.3) is 0 Å². The second-order valence-corrected chi connectivity index (χ2v) is 9.06. The van der Waals surface area contributed by atoms with Crippen LogP contribution in [0.4, 0.5) is 0 Å². The van der Waals surface area contributed by atoms with Crippen molar-refractivity contribution in [3.05, 3.63) is 0 Å². The summed E-state index contributed by atoms with van der Waals surface area (Å²) in [5.74, 6) is -2.07. The molecule has 0 saturated carbocycles. The topological polar surface area (TPSA) is 95.9 Å². The number of carbonyl (C=O) groups excluding carboxylic acids is 2. The van der Waals surface area contributed by atoms with E-state index in [1.54, 1.807) is 0 Å². The van der Waals surface area contributed by atoms with Gasteiger partial charge < -0.3 is 15.2 Å². The number of nitrogens with zero attached hydrogens (tertiary/aromatic N) is 1. The Morgan fingerprint density at radius 2 is 1.46 bits per heavy atom. The molecule has 0 aromatic carbocycles. The number of methoxy groups -OCH3 is 1. The molecule has 1 atom stereocenters. The molecular formula is C19H36N2O5. The zero-order valence-corrected chi connectivity index (χ0v) is 17.3. The Morgan fingerprint density at radius 3 is 1.81 bits per heavy atom. The van der Waals surface area contributed by atoms with Crippen LogP contribution in [0.5, 0.6) is 0 Å². The molecule has 1 amide bonds. The van der Waals surface area contributed by atoms with Gasteiger partial charge in [0, 0.05) is 0 Å². The van der Waals surface area contributed by atoms with Crippen LogP contribution < -0.4 is 5.32 Å². The smallest absolute Gasteiger partial charge is 0.325 e. The van der Waals surface area contributed by atoms with E-state index in [0.29, 0.717) is 13.1 Å². The first-order valence-corrected chi connectivity index (χ1v) is 9.05. The number of carboxylic acids is 1. The molecule has 0 fully saturated rings. The lowest BCUT2D eigenvalue weighted by atomic mass is 9.90. The summed E-state index contributed by atoms with van der Waals surface area (Å²) in [7, 11) is 1.24. The number of hydrogen-bond donors (Lipinski definition) is 2. The molecule has 0 aliphatic rings. The van der Waals surface area contributed by atoms with Gasteiger partial charge in [0.15, 0.2) is 0 Å². The van der Waals surface area contributed by atoms with Crippen LogP contribution in [0.3, 0.4) is 0 Å². The number of amides is 1. The van der Waals surface area contributed by atoms with E-state index >= 15 is 0 Å². The van der Waals surface area contributed by atoms with Crippen molar-refractivity contribution in [2.75, 3.05) is 26.7 Å². The Balaban J connectivity index is 5.29. The minimum Gasteiger partial charge on any atom is -0.481 e. The molecule has 7 nitrogen and oxygen atoms in total. The lowest BCUT2D eigenvalue weighted by Gasteiger charge is -2.34. The third kappa shape index (κ3) is 11.8. The van der Waals surface area contributed by atoms with Crippen molar-refractivity contribution in [3.8, 4) is 0 Å². The lowest BCUT2D eigenvalue weighted by molar-refractivity contribution is -0.143. The fourth-order valence-corrected chi connectivity index (χ4v) is 2.28. The molecule has 0 aromatic rings. The van der Waals surface area contributed by atoms with Gasteiger partial charge in [-0.15, -0.1) is 0 Å². The fraction of sp³-hybridized carbons (Fsp3) is 0.842. The highest BCUT2D eigenvalue weighted by molar-refractivity contribution is 5.88. The summed E-state index contributed by atoms with van der Waals surface area (Å²) in [6, 6.07) is -0.818. The first kappa shape index (κ1) is 24.4. The maximum Gasteiger partial charge on any atom is 0.325 e. The molecular weight excluding hydrogens is 336 g/mol. The Morgan fingerprint density at radius 1 is 1.00 bits per heavy atom. The summed E-state index contributed by atoms with van der Waals surface area (Å²) in [6.45, 7) is 13.6. The van der Waals surface area contributed by atoms with Gasteiger partial charge in [-0.3, -0.25) is 19.3 Å². The molecule has 0 saturated heterocycles. The highest BCUT2D eigenvalue weighted by Gasteiger charge is 2.30. The fourth-order valence-electron chi connectivity index (χ4n) is 2.28. The Hall–Kier alpha value is -1.63. The van der Waals surface area contributed by atoms with E-state index in [-0.39, 0.29) is 23.8 Å². The molecule has 0 heterocycles. The summed E-state index contributed by atoms with van der Waals surface area (Å²) >= 11 is 0. The minimum absolute atomic E-state index is 0.0657. The van der Waals surface area contributed by atoms with Crippen LogP contribution in [0.15, 0.2) is 0 Å². The summed E-state index contributed by atoms with van der Waals surface area (Å²) < 4.78 is 4.52. The van der Waals surface area contributed by atoms with E-state index < -0.39 is 23.9 Å². The molecule has 0 aliphatic heterocycles. The summed E-state index contributed by atoms with van der Waals surface area (Å²) in [4.78, 5) is 37.1. The number of esters is 1. The Kier molecular flexibility index (Phi) is 9.84. The van der Waals surface area contributed by atoms with Crippen LogP contribution in [0.2, 0.25) is 0 Å². The average molecular weight is 373 g/mol. The Labute approximate surface area is 157 Å². The predicted octanol–water partition coefficient (Wildman–Crippen LogP) is 2.29. The van der Waals surface area contributed by atoms with E-state index in [9.17, 15) is 19.5 Å². The van der Waals surface area contributed by atoms with E-state index in [1.807, 2.05) is 4.90 Å². The van der Waals surface area contributed by atoms with Gasteiger partial charge in [-0.05, 0) is 36.8 Å². The van der Waals surface area contributed by atoms with Crippen molar-refractivity contribution in [3.63, 3.8) is 0 Å². The molecule has 0 rings (SSSR count). The number of hydrogen-bond acceptors (Lipinski definition) is 5. The maximum atomic E-state index is 12.6. The van der Waals surface area contributed by atoms with Gasteiger partial charge >= 0.3 is 11.9 Å². The van der Waals surface area contributed by atoms with Gasteiger partial charge in [-0.2, -0.15) is 0 Å². The third-order valence-corrected chi connectivity index (χ3v) is 4.04. The van der Waals surface area contributed by atoms with E-state index in [0.717, 1.165) is 12.8 Å². The molecule has 0 aromatic heterocycles. The van der Waals surface area contributed by atoms with Crippen LogP contribution in [0, 0.1) is 10.8 Å². The molecule has 1 unspecified atom stereocenters. The maximum absolute atomic E-state index is 12.6. The number of nitrogens with one attached hydrogen (secondary N) is 1. The molecule has 0 aliphatic carbocycles. The number of carboxylic acid groups (broad SMARTS) is 1. The summed E-state index contributed by atoms with van der Waals surface area (Å²) in [6.07, 6.45) is 1.36. The van der Waals surface area contributed by atoms with Gasteiger partial charge in [0.05, 0.1) is 19.6 Å². The van der Waals surface area contributed by atoms with Crippen molar-refractivity contribution in [2.24, 2.45) is 10.8 Å². The zero-order valence-electron chi connectivity index (χ0n) is 17.3. The van der Waals surface area contributed by atoms with E-state index in [1.165, 1.54) is 7.11 Å². The highest BCUT2D eigenvalue weighted by atomic mass is 16.5. The second-order valence-electron chi connectivity index (χ2n) is 9.06. The van der Waals surface area contributed by atoms with Crippen LogP contribution in [-0.2, 0) is 19.1 Å². The largest absolute Gasteiger partial charge is 0.481 e. The van der Waals surface area contributed by atoms with Crippen LogP contribution >= 0.6 is 0 Å². The number of ether oxygens (including phenoxy) is 1. The average Bonchev–Trinajstić information content (AvgIpc) is 2.48. The van der Waals surface area contributed by atoms with Crippen molar-refractivity contribution in [2.45, 2.75) is 66.8 Å². The normalized spacial score (nSPS) is 13.4. The third-order valence-electron chi connectivity index (χ3n) is 4.04. The van der Waals surface area contributed by atoms with Crippen LogP contribution in [0.25, 0.3) is 0 Å². The highest BCUT2D eigenvalue weighted by Crippen LogP contribution is 2.23. The lowest BCUT2D eigenvalue weighted by Crippen LogP contribution is -2.50.